The lowest BCUT2D eigenvalue weighted by molar-refractivity contribution is 0.659. The summed E-state index contributed by atoms with van der Waals surface area (Å²) >= 11 is 0. The van der Waals surface area contributed by atoms with Crippen LogP contribution in [-0.4, -0.2) is 0 Å². The quantitative estimate of drug-likeness (QED) is 0.535. The van der Waals surface area contributed by atoms with E-state index < -0.39 is 0 Å². The zero-order valence-corrected chi connectivity index (χ0v) is 12.6. The average Bonchev–Trinajstić information content (AvgIpc) is 2.60. The highest BCUT2D eigenvalue weighted by Crippen LogP contribution is 2.34. The molecule has 0 bridgehead atoms. The molecule has 3 rings (SSSR count). The molecule has 0 amide bonds. The van der Waals surface area contributed by atoms with Crippen molar-refractivity contribution in [1.82, 2.24) is 0 Å². The molecule has 1 aromatic heterocycles. The van der Waals surface area contributed by atoms with Gasteiger partial charge in [-0.1, -0.05) is 24.3 Å². The van der Waals surface area contributed by atoms with Gasteiger partial charge in [-0.2, -0.15) is 0 Å². The van der Waals surface area contributed by atoms with Gasteiger partial charge in [-0.25, -0.2) is 0 Å². The van der Waals surface area contributed by atoms with Crippen molar-refractivity contribution in [1.29, 1.82) is 0 Å². The molecule has 0 spiro atoms. The number of fused-ring (bicyclic) bond motifs is 3. The van der Waals surface area contributed by atoms with Crippen molar-refractivity contribution < 1.29 is 8.39 Å². The molecule has 3 heteroatoms. The summed E-state index contributed by atoms with van der Waals surface area (Å²) in [5.41, 5.74) is 6.70. The van der Waals surface area contributed by atoms with E-state index in [0.29, 0.717) is 0 Å². The second kappa shape index (κ2) is 4.47. The van der Waals surface area contributed by atoms with Crippen molar-refractivity contribution in [3.63, 3.8) is 0 Å². The molecule has 0 saturated carbocycles. The number of aryl methyl sites for hydroxylation is 4. The van der Waals surface area contributed by atoms with Crippen LogP contribution >= 0.6 is 8.67 Å². The van der Waals surface area contributed by atoms with Crippen LogP contribution < -0.4 is 0 Å². The van der Waals surface area contributed by atoms with Crippen LogP contribution in [0.15, 0.2) is 32.7 Å². The summed E-state index contributed by atoms with van der Waals surface area (Å²) < 4.78 is 11.7. The van der Waals surface area contributed by atoms with E-state index in [9.17, 15) is 0 Å². The molecule has 0 fully saturated rings. The van der Waals surface area contributed by atoms with Gasteiger partial charge in [0.25, 0.3) is 0 Å². The summed E-state index contributed by atoms with van der Waals surface area (Å²) in [6.07, 6.45) is 0. The second-order valence-electron chi connectivity index (χ2n) is 5.09. The number of benzene rings is 2. The van der Waals surface area contributed by atoms with E-state index in [-0.39, 0.29) is 8.67 Å². The molecule has 0 N–H and O–H groups in total. The van der Waals surface area contributed by atoms with Gasteiger partial charge in [0, 0.05) is 10.8 Å². The Bertz CT molecular complexity index is 749. The summed E-state index contributed by atoms with van der Waals surface area (Å²) in [6.45, 7) is 8.42. The topological polar surface area (TPSA) is 26.3 Å². The molecule has 2 nitrogen and oxygen atoms in total. The third-order valence-electron chi connectivity index (χ3n) is 3.66. The molecular weight excluding hydrogens is 255 g/mol. The molecule has 1 heterocycles. The highest BCUT2D eigenvalue weighted by atomic mass is 31.1. The molecule has 3 aromatic rings. The fourth-order valence-corrected chi connectivity index (χ4v) is 3.29. The van der Waals surface area contributed by atoms with E-state index in [1.807, 2.05) is 0 Å². The van der Waals surface area contributed by atoms with Gasteiger partial charge in [0.15, 0.2) is 0 Å². The van der Waals surface area contributed by atoms with E-state index in [1.165, 1.54) is 21.9 Å². The lowest BCUT2D eigenvalue weighted by atomic mass is 9.99. The van der Waals surface area contributed by atoms with Crippen molar-refractivity contribution >= 4 is 30.6 Å². The van der Waals surface area contributed by atoms with Gasteiger partial charge in [0.1, 0.15) is 11.2 Å². The highest BCUT2D eigenvalue weighted by molar-refractivity contribution is 7.15. The van der Waals surface area contributed by atoms with Crippen LogP contribution in [0, 0.1) is 27.7 Å². The molecule has 0 radical (unpaired) electrons. The summed E-state index contributed by atoms with van der Waals surface area (Å²) in [7, 11) is 0.0143. The molecule has 0 unspecified atom stereocenters. The van der Waals surface area contributed by atoms with Gasteiger partial charge >= 0.3 is 0 Å². The molecule has 0 aliphatic rings. The van der Waals surface area contributed by atoms with Crippen LogP contribution in [0.4, 0.5) is 0 Å². The van der Waals surface area contributed by atoms with E-state index in [2.05, 4.69) is 52.0 Å². The Morgan fingerprint density at radius 1 is 0.632 bits per heavy atom. The molecule has 98 valence electrons. The van der Waals surface area contributed by atoms with E-state index >= 15 is 0 Å². The lowest BCUT2D eigenvalue weighted by Crippen LogP contribution is -1.85. The largest absolute Gasteiger partial charge is 0.421 e. The first kappa shape index (κ1) is 12.4. The Labute approximate surface area is 114 Å². The minimum Gasteiger partial charge on any atom is -0.421 e. The van der Waals surface area contributed by atoms with Crippen LogP contribution in [0.25, 0.3) is 21.9 Å². The van der Waals surface area contributed by atoms with Gasteiger partial charge in [-0.3, -0.25) is 0 Å². The van der Waals surface area contributed by atoms with Gasteiger partial charge < -0.3 is 8.39 Å². The predicted octanol–water partition coefficient (Wildman–Crippen LogP) is 5.57. The highest BCUT2D eigenvalue weighted by Gasteiger charge is 2.11. The summed E-state index contributed by atoms with van der Waals surface area (Å²) in [5.74, 6) is 0. The summed E-state index contributed by atoms with van der Waals surface area (Å²) in [6, 6.07) is 8.51. The van der Waals surface area contributed by atoms with E-state index in [4.69, 9.17) is 8.39 Å². The molecule has 19 heavy (non-hydrogen) atoms. The Morgan fingerprint density at radius 3 is 1.42 bits per heavy atom. The molecule has 0 aliphatic carbocycles. The maximum absolute atomic E-state index is 5.86. The molecule has 0 atom stereocenters. The van der Waals surface area contributed by atoms with Crippen molar-refractivity contribution in [2.45, 2.75) is 27.7 Å². The van der Waals surface area contributed by atoms with Gasteiger partial charge in [0.2, 0.25) is 8.67 Å². The molecule has 0 saturated heterocycles. The number of hydrogen-bond donors (Lipinski definition) is 0. The first-order chi connectivity index (χ1) is 9.09. The van der Waals surface area contributed by atoms with Gasteiger partial charge in [-0.05, 0) is 49.9 Å². The summed E-state index contributed by atoms with van der Waals surface area (Å²) in [5, 5.41) is 2.36. The van der Waals surface area contributed by atoms with E-state index in [0.717, 1.165) is 22.3 Å². The standard InChI is InChI=1S/C16H17O2P/c1-9-5-7-11(3)15-13(9)14-10(2)6-8-12(4)16(14)18-19-17-15/h5-8,19H,1-4H3. The Balaban J connectivity index is 2.75. The summed E-state index contributed by atoms with van der Waals surface area (Å²) in [4.78, 5) is 0. The molecular formula is C16H17O2P. The maximum atomic E-state index is 5.86. The van der Waals surface area contributed by atoms with Gasteiger partial charge in [0.05, 0.1) is 0 Å². The fraction of sp³-hybridized carbons (Fsp3) is 0.250. The lowest BCUT2D eigenvalue weighted by Gasteiger charge is -2.06. The van der Waals surface area contributed by atoms with Crippen molar-refractivity contribution in [3.05, 3.63) is 46.5 Å². The average molecular weight is 272 g/mol. The maximum Gasteiger partial charge on any atom is 0.201 e. The predicted molar refractivity (Wildman–Crippen MR) is 82.1 cm³/mol. The Hall–Kier alpha value is -1.66. The SMILES string of the molecule is Cc1ccc(C)c2c1o[pH]oc1c(C)ccc(C)c12. The zero-order chi connectivity index (χ0) is 13.6. The van der Waals surface area contributed by atoms with Crippen molar-refractivity contribution in [3.8, 4) is 0 Å². The van der Waals surface area contributed by atoms with Crippen LogP contribution in [0.2, 0.25) is 0 Å². The Morgan fingerprint density at radius 2 is 1.00 bits per heavy atom. The number of hydrogen-bond acceptors (Lipinski definition) is 2. The third-order valence-corrected chi connectivity index (χ3v) is 4.24. The fourth-order valence-electron chi connectivity index (χ4n) is 2.56. The van der Waals surface area contributed by atoms with Crippen molar-refractivity contribution in [2.24, 2.45) is 0 Å². The normalized spacial score (nSPS) is 11.2. The van der Waals surface area contributed by atoms with Crippen LogP contribution in [0.1, 0.15) is 22.3 Å². The second-order valence-corrected chi connectivity index (χ2v) is 5.67. The number of rotatable bonds is 0. The van der Waals surface area contributed by atoms with Crippen LogP contribution in [-0.2, 0) is 0 Å². The third kappa shape index (κ3) is 1.87. The van der Waals surface area contributed by atoms with Gasteiger partial charge in [-0.15, -0.1) is 0 Å². The van der Waals surface area contributed by atoms with Crippen molar-refractivity contribution in [2.75, 3.05) is 0 Å². The van der Waals surface area contributed by atoms with Crippen LogP contribution in [0.5, 0.6) is 0 Å². The first-order valence-electron chi connectivity index (χ1n) is 6.39. The minimum atomic E-state index is 0.0143. The first-order valence-corrected chi connectivity index (χ1v) is 7.20. The smallest absolute Gasteiger partial charge is 0.201 e. The Kier molecular flexibility index (Phi) is 2.91. The molecule has 2 aromatic carbocycles. The zero-order valence-electron chi connectivity index (χ0n) is 11.6. The minimum absolute atomic E-state index is 0.0143. The van der Waals surface area contributed by atoms with E-state index in [1.54, 1.807) is 0 Å². The monoisotopic (exact) mass is 272 g/mol. The van der Waals surface area contributed by atoms with Crippen LogP contribution in [0.3, 0.4) is 0 Å². The molecule has 0 aliphatic heterocycles.